The average Bonchev–Trinajstić information content (AvgIpc) is 2.77. The van der Waals surface area contributed by atoms with Crippen LogP contribution in [0.1, 0.15) is 11.1 Å². The molecule has 1 aliphatic carbocycles. The lowest BCUT2D eigenvalue weighted by Crippen LogP contribution is -2.06. The Kier molecular flexibility index (Phi) is 3.61. The Labute approximate surface area is 103 Å². The van der Waals surface area contributed by atoms with Gasteiger partial charge in [0.25, 0.3) is 0 Å². The van der Waals surface area contributed by atoms with E-state index in [9.17, 15) is 0 Å². The highest BCUT2D eigenvalue weighted by atomic mass is 14.6. The molecule has 0 amide bonds. The molecule has 0 bridgehead atoms. The lowest BCUT2D eigenvalue weighted by molar-refractivity contribution is 0.998. The topological polar surface area (TPSA) is 15.8 Å². The standard InChI is InChI=1S/C16H17N/c1-3-5-6-8-14-10-16-12-17-11-15(16)9-13(14)7-4-2/h3-8,11-12,17H,1-2,9-10H2/b6-5-,13-7+,14-8+. The van der Waals surface area contributed by atoms with Gasteiger partial charge in [0, 0.05) is 12.4 Å². The van der Waals surface area contributed by atoms with Gasteiger partial charge in [0.15, 0.2) is 0 Å². The molecule has 1 heterocycles. The molecular weight excluding hydrogens is 206 g/mol. The summed E-state index contributed by atoms with van der Waals surface area (Å²) in [5.74, 6) is 0. The van der Waals surface area contributed by atoms with Gasteiger partial charge in [-0.2, -0.15) is 0 Å². The summed E-state index contributed by atoms with van der Waals surface area (Å²) in [7, 11) is 0. The molecule has 0 atom stereocenters. The Balaban J connectivity index is 2.33. The zero-order valence-corrected chi connectivity index (χ0v) is 9.95. The lowest BCUT2D eigenvalue weighted by atomic mass is 9.86. The van der Waals surface area contributed by atoms with Crippen LogP contribution in [-0.4, -0.2) is 4.98 Å². The van der Waals surface area contributed by atoms with E-state index in [2.05, 4.69) is 42.7 Å². The maximum atomic E-state index is 3.78. The summed E-state index contributed by atoms with van der Waals surface area (Å²) in [6, 6.07) is 0. The maximum Gasteiger partial charge on any atom is 0.00437 e. The summed E-state index contributed by atoms with van der Waals surface area (Å²) in [4.78, 5) is 3.18. The molecule has 0 aliphatic heterocycles. The van der Waals surface area contributed by atoms with Gasteiger partial charge < -0.3 is 4.98 Å². The molecule has 1 aliphatic rings. The molecule has 0 saturated heterocycles. The number of aromatic nitrogens is 1. The van der Waals surface area contributed by atoms with Crippen molar-refractivity contribution in [2.45, 2.75) is 12.8 Å². The van der Waals surface area contributed by atoms with Crippen LogP contribution < -0.4 is 0 Å². The molecule has 0 aromatic carbocycles. The normalized spacial score (nSPS) is 19.8. The van der Waals surface area contributed by atoms with E-state index < -0.39 is 0 Å². The van der Waals surface area contributed by atoms with E-state index in [1.165, 1.54) is 22.3 Å². The Morgan fingerprint density at radius 2 is 1.53 bits per heavy atom. The Morgan fingerprint density at radius 1 is 0.882 bits per heavy atom. The number of aromatic amines is 1. The predicted octanol–water partition coefficient (Wildman–Crippen LogP) is 3.89. The Hall–Kier alpha value is -2.02. The fourth-order valence-electron chi connectivity index (χ4n) is 2.12. The number of nitrogens with one attached hydrogen (secondary N) is 1. The SMILES string of the molecule is C=C\C=C/C=C1\Cc2c[nH]cc2C\C1=C/C=C. The van der Waals surface area contributed by atoms with Crippen LogP contribution in [0.5, 0.6) is 0 Å². The van der Waals surface area contributed by atoms with Crippen molar-refractivity contribution in [3.8, 4) is 0 Å². The second kappa shape index (κ2) is 5.35. The van der Waals surface area contributed by atoms with E-state index in [4.69, 9.17) is 0 Å². The second-order valence-corrected chi connectivity index (χ2v) is 4.10. The molecule has 86 valence electrons. The van der Waals surface area contributed by atoms with Crippen LogP contribution in [0.15, 0.2) is 73.2 Å². The molecular formula is C16H17N. The first-order chi connectivity index (χ1) is 8.35. The third-order valence-electron chi connectivity index (χ3n) is 2.97. The van der Waals surface area contributed by atoms with Gasteiger partial charge in [-0.3, -0.25) is 0 Å². The molecule has 0 radical (unpaired) electrons. The fourth-order valence-corrected chi connectivity index (χ4v) is 2.12. The van der Waals surface area contributed by atoms with E-state index in [1.54, 1.807) is 6.08 Å². The van der Waals surface area contributed by atoms with Crippen LogP contribution in [0.2, 0.25) is 0 Å². The number of rotatable bonds is 3. The summed E-state index contributed by atoms with van der Waals surface area (Å²) in [5.41, 5.74) is 5.49. The van der Waals surface area contributed by atoms with Crippen molar-refractivity contribution in [1.29, 1.82) is 0 Å². The van der Waals surface area contributed by atoms with E-state index in [-0.39, 0.29) is 0 Å². The van der Waals surface area contributed by atoms with Crippen molar-refractivity contribution < 1.29 is 0 Å². The van der Waals surface area contributed by atoms with Crippen molar-refractivity contribution in [1.82, 2.24) is 4.98 Å². The number of fused-ring (bicyclic) bond motifs is 1. The molecule has 0 saturated carbocycles. The van der Waals surface area contributed by atoms with Crippen molar-refractivity contribution in [2.24, 2.45) is 0 Å². The largest absolute Gasteiger partial charge is 0.367 e. The van der Waals surface area contributed by atoms with Crippen LogP contribution in [0.3, 0.4) is 0 Å². The summed E-state index contributed by atoms with van der Waals surface area (Å²) in [6.45, 7) is 7.46. The highest BCUT2D eigenvalue weighted by molar-refractivity contribution is 5.49. The summed E-state index contributed by atoms with van der Waals surface area (Å²) in [6.07, 6.45) is 18.0. The van der Waals surface area contributed by atoms with E-state index in [1.807, 2.05) is 18.2 Å². The Bertz CT molecular complexity index is 509. The molecule has 1 aromatic heterocycles. The third-order valence-corrected chi connectivity index (χ3v) is 2.97. The van der Waals surface area contributed by atoms with Crippen LogP contribution in [0.4, 0.5) is 0 Å². The first-order valence-corrected chi connectivity index (χ1v) is 5.80. The van der Waals surface area contributed by atoms with Gasteiger partial charge in [-0.1, -0.05) is 49.6 Å². The second-order valence-electron chi connectivity index (χ2n) is 4.10. The molecule has 0 fully saturated rings. The summed E-state index contributed by atoms with van der Waals surface area (Å²) in [5, 5.41) is 0. The predicted molar refractivity (Wildman–Crippen MR) is 73.9 cm³/mol. The van der Waals surface area contributed by atoms with E-state index in [0.29, 0.717) is 0 Å². The highest BCUT2D eigenvalue weighted by Crippen LogP contribution is 2.29. The van der Waals surface area contributed by atoms with Crippen molar-refractivity contribution >= 4 is 0 Å². The molecule has 1 nitrogen and oxygen atoms in total. The molecule has 0 spiro atoms. The number of allylic oxidation sites excluding steroid dienone is 8. The van der Waals surface area contributed by atoms with Crippen LogP contribution in [0, 0.1) is 0 Å². The number of H-pyrrole nitrogens is 1. The number of hydrogen-bond donors (Lipinski definition) is 1. The first kappa shape index (κ1) is 11.5. The van der Waals surface area contributed by atoms with Crippen LogP contribution >= 0.6 is 0 Å². The van der Waals surface area contributed by atoms with Gasteiger partial charge in [0.1, 0.15) is 0 Å². The smallest absolute Gasteiger partial charge is 0.00437 e. The molecule has 17 heavy (non-hydrogen) atoms. The Morgan fingerprint density at radius 3 is 2.12 bits per heavy atom. The van der Waals surface area contributed by atoms with Gasteiger partial charge in [0.05, 0.1) is 0 Å². The van der Waals surface area contributed by atoms with E-state index >= 15 is 0 Å². The first-order valence-electron chi connectivity index (χ1n) is 5.80. The summed E-state index contributed by atoms with van der Waals surface area (Å²) < 4.78 is 0. The summed E-state index contributed by atoms with van der Waals surface area (Å²) >= 11 is 0. The minimum absolute atomic E-state index is 0.985. The molecule has 2 rings (SSSR count). The number of hydrogen-bond acceptors (Lipinski definition) is 0. The van der Waals surface area contributed by atoms with Crippen LogP contribution in [0.25, 0.3) is 0 Å². The van der Waals surface area contributed by atoms with Gasteiger partial charge in [0.2, 0.25) is 0 Å². The third kappa shape index (κ3) is 2.56. The van der Waals surface area contributed by atoms with Crippen LogP contribution in [-0.2, 0) is 12.8 Å². The molecule has 1 aromatic rings. The van der Waals surface area contributed by atoms with Gasteiger partial charge in [-0.25, -0.2) is 0 Å². The average molecular weight is 223 g/mol. The minimum Gasteiger partial charge on any atom is -0.367 e. The maximum absolute atomic E-state index is 3.78. The monoisotopic (exact) mass is 223 g/mol. The van der Waals surface area contributed by atoms with Gasteiger partial charge >= 0.3 is 0 Å². The minimum atomic E-state index is 0.985. The van der Waals surface area contributed by atoms with Gasteiger partial charge in [-0.05, 0) is 35.1 Å². The molecule has 1 heteroatoms. The van der Waals surface area contributed by atoms with E-state index in [0.717, 1.165) is 12.8 Å². The van der Waals surface area contributed by atoms with Crippen molar-refractivity contribution in [2.75, 3.05) is 0 Å². The highest BCUT2D eigenvalue weighted by Gasteiger charge is 2.16. The van der Waals surface area contributed by atoms with Crippen molar-refractivity contribution in [3.63, 3.8) is 0 Å². The lowest BCUT2D eigenvalue weighted by Gasteiger charge is -2.18. The molecule has 1 N–H and O–H groups in total. The zero-order chi connectivity index (χ0) is 12.1. The molecule has 0 unspecified atom stereocenters. The van der Waals surface area contributed by atoms with Crippen molar-refractivity contribution in [3.05, 3.63) is 84.3 Å². The quantitative estimate of drug-likeness (QED) is 0.748. The van der Waals surface area contributed by atoms with Gasteiger partial charge in [-0.15, -0.1) is 0 Å². The fraction of sp³-hybridized carbons (Fsp3) is 0.125. The zero-order valence-electron chi connectivity index (χ0n) is 9.95.